The van der Waals surface area contributed by atoms with Crippen molar-refractivity contribution in [1.29, 1.82) is 0 Å². The zero-order valence-electron chi connectivity index (χ0n) is 11.9. The lowest BCUT2D eigenvalue weighted by Gasteiger charge is -2.39. The van der Waals surface area contributed by atoms with E-state index < -0.39 is 0 Å². The van der Waals surface area contributed by atoms with Gasteiger partial charge in [0.1, 0.15) is 0 Å². The fourth-order valence-corrected chi connectivity index (χ4v) is 2.61. The van der Waals surface area contributed by atoms with E-state index in [1.807, 2.05) is 0 Å². The summed E-state index contributed by atoms with van der Waals surface area (Å²) in [5, 5.41) is 0. The van der Waals surface area contributed by atoms with Crippen molar-refractivity contribution in [3.63, 3.8) is 0 Å². The standard InChI is InChI=1S/C14H32N.BrH/c1-5-9-13-15(11-7-3,12-8-4)14-10-6-2;/h5-14H2,1-4H3;1H/q+1;/p-1. The number of quaternary nitrogens is 1. The van der Waals surface area contributed by atoms with E-state index in [1.165, 1.54) is 69.2 Å². The normalized spacial score (nSPS) is 11.2. The molecule has 0 aromatic heterocycles. The lowest BCUT2D eigenvalue weighted by Crippen LogP contribution is -3.00. The van der Waals surface area contributed by atoms with Crippen LogP contribution in [0.3, 0.4) is 0 Å². The summed E-state index contributed by atoms with van der Waals surface area (Å²) in [6.45, 7) is 14.9. The summed E-state index contributed by atoms with van der Waals surface area (Å²) in [4.78, 5) is 0. The van der Waals surface area contributed by atoms with Gasteiger partial charge >= 0.3 is 0 Å². The Labute approximate surface area is 114 Å². The van der Waals surface area contributed by atoms with Gasteiger partial charge in [-0.1, -0.05) is 40.5 Å². The van der Waals surface area contributed by atoms with E-state index in [1.54, 1.807) is 0 Å². The molecule has 0 saturated heterocycles. The molecule has 0 aliphatic heterocycles. The Kier molecular flexibility index (Phi) is 14.0. The fourth-order valence-electron chi connectivity index (χ4n) is 2.61. The van der Waals surface area contributed by atoms with Crippen molar-refractivity contribution in [1.82, 2.24) is 0 Å². The lowest BCUT2D eigenvalue weighted by molar-refractivity contribution is -0.928. The van der Waals surface area contributed by atoms with Crippen LogP contribution in [0.2, 0.25) is 0 Å². The average Bonchev–Trinajstić information content (AvgIpc) is 2.24. The van der Waals surface area contributed by atoms with Gasteiger partial charge in [0.2, 0.25) is 0 Å². The summed E-state index contributed by atoms with van der Waals surface area (Å²) in [7, 11) is 0. The van der Waals surface area contributed by atoms with Gasteiger partial charge in [-0.3, -0.25) is 0 Å². The molecule has 0 heterocycles. The average molecular weight is 294 g/mol. The van der Waals surface area contributed by atoms with Gasteiger partial charge in [0.05, 0.1) is 26.2 Å². The Bertz CT molecular complexity index is 121. The Morgan fingerprint density at radius 2 is 0.938 bits per heavy atom. The first-order chi connectivity index (χ1) is 7.24. The molecule has 0 fully saturated rings. The van der Waals surface area contributed by atoms with Crippen molar-refractivity contribution < 1.29 is 21.5 Å². The van der Waals surface area contributed by atoms with Crippen LogP contribution in [-0.4, -0.2) is 30.7 Å². The van der Waals surface area contributed by atoms with Crippen LogP contribution >= 0.6 is 0 Å². The lowest BCUT2D eigenvalue weighted by atomic mass is 10.1. The summed E-state index contributed by atoms with van der Waals surface area (Å²) in [6, 6.07) is 0. The molecule has 0 radical (unpaired) electrons. The summed E-state index contributed by atoms with van der Waals surface area (Å²) >= 11 is 0. The minimum Gasteiger partial charge on any atom is -1.00 e. The molecule has 0 amide bonds. The number of hydrogen-bond acceptors (Lipinski definition) is 0. The Morgan fingerprint density at radius 3 is 1.19 bits per heavy atom. The highest BCUT2D eigenvalue weighted by molar-refractivity contribution is 4.46. The van der Waals surface area contributed by atoms with Crippen LogP contribution in [-0.2, 0) is 0 Å². The summed E-state index contributed by atoms with van der Waals surface area (Å²) < 4.78 is 1.40. The van der Waals surface area contributed by atoms with Crippen LogP contribution in [0.4, 0.5) is 0 Å². The zero-order valence-corrected chi connectivity index (χ0v) is 13.5. The van der Waals surface area contributed by atoms with Crippen molar-refractivity contribution in [3.05, 3.63) is 0 Å². The Morgan fingerprint density at radius 1 is 0.562 bits per heavy atom. The van der Waals surface area contributed by atoms with E-state index >= 15 is 0 Å². The zero-order chi connectivity index (χ0) is 11.6. The van der Waals surface area contributed by atoms with Crippen molar-refractivity contribution in [2.24, 2.45) is 0 Å². The van der Waals surface area contributed by atoms with E-state index in [4.69, 9.17) is 0 Å². The van der Waals surface area contributed by atoms with Gasteiger partial charge in [-0.05, 0) is 25.7 Å². The summed E-state index contributed by atoms with van der Waals surface area (Å²) in [5.74, 6) is 0. The van der Waals surface area contributed by atoms with Gasteiger partial charge in [0.15, 0.2) is 0 Å². The second-order valence-corrected chi connectivity index (χ2v) is 4.94. The largest absolute Gasteiger partial charge is 1.00 e. The minimum absolute atomic E-state index is 0. The molecule has 0 aromatic rings. The number of hydrogen-bond donors (Lipinski definition) is 0. The maximum Gasteiger partial charge on any atom is 0.0786 e. The second-order valence-electron chi connectivity index (χ2n) is 4.94. The van der Waals surface area contributed by atoms with Crippen molar-refractivity contribution in [2.75, 3.05) is 26.2 Å². The van der Waals surface area contributed by atoms with Gasteiger partial charge in [0, 0.05) is 0 Å². The second kappa shape index (κ2) is 11.9. The first kappa shape index (κ1) is 18.8. The topological polar surface area (TPSA) is 0 Å². The number of halogens is 1. The molecule has 0 spiro atoms. The predicted molar refractivity (Wildman–Crippen MR) is 70.1 cm³/mol. The highest BCUT2D eigenvalue weighted by Gasteiger charge is 2.23. The van der Waals surface area contributed by atoms with Crippen LogP contribution in [0.25, 0.3) is 0 Å². The first-order valence-corrected chi connectivity index (χ1v) is 7.09. The van der Waals surface area contributed by atoms with Crippen molar-refractivity contribution >= 4 is 0 Å². The van der Waals surface area contributed by atoms with E-state index in [-0.39, 0.29) is 17.0 Å². The predicted octanol–water partition coefficient (Wildman–Crippen LogP) is 1.23. The molecule has 1 nitrogen and oxygen atoms in total. The van der Waals surface area contributed by atoms with E-state index in [2.05, 4.69) is 27.7 Å². The van der Waals surface area contributed by atoms with Crippen LogP contribution in [0.15, 0.2) is 0 Å². The van der Waals surface area contributed by atoms with Gasteiger partial charge in [-0.15, -0.1) is 0 Å². The summed E-state index contributed by atoms with van der Waals surface area (Å²) in [6.07, 6.45) is 8.19. The molecule has 0 saturated carbocycles. The van der Waals surface area contributed by atoms with Crippen LogP contribution in [0, 0.1) is 0 Å². The molecule has 0 aliphatic rings. The molecule has 16 heavy (non-hydrogen) atoms. The molecule has 0 atom stereocenters. The molecule has 0 aliphatic carbocycles. The number of unbranched alkanes of at least 4 members (excludes halogenated alkanes) is 2. The van der Waals surface area contributed by atoms with Gasteiger partial charge in [-0.2, -0.15) is 0 Å². The Balaban J connectivity index is 0. The maximum absolute atomic E-state index is 2.33. The van der Waals surface area contributed by atoms with Crippen LogP contribution in [0.5, 0.6) is 0 Å². The molecule has 0 aromatic carbocycles. The molecule has 100 valence electrons. The molecule has 2 heteroatoms. The smallest absolute Gasteiger partial charge is 0.0786 e. The molecule has 0 rings (SSSR count). The third kappa shape index (κ3) is 7.67. The van der Waals surface area contributed by atoms with Crippen molar-refractivity contribution in [3.8, 4) is 0 Å². The molecule has 0 unspecified atom stereocenters. The van der Waals surface area contributed by atoms with Crippen LogP contribution < -0.4 is 17.0 Å². The van der Waals surface area contributed by atoms with Gasteiger partial charge in [0.25, 0.3) is 0 Å². The Hall–Kier alpha value is 0.440. The summed E-state index contributed by atoms with van der Waals surface area (Å²) in [5.41, 5.74) is 0. The first-order valence-electron chi connectivity index (χ1n) is 7.09. The number of nitrogens with zero attached hydrogens (tertiary/aromatic N) is 1. The van der Waals surface area contributed by atoms with E-state index in [9.17, 15) is 0 Å². The fraction of sp³-hybridized carbons (Fsp3) is 1.00. The van der Waals surface area contributed by atoms with Crippen LogP contribution in [0.1, 0.15) is 66.2 Å². The minimum atomic E-state index is 0. The van der Waals surface area contributed by atoms with E-state index in [0.717, 1.165) is 0 Å². The van der Waals surface area contributed by atoms with E-state index in [0.29, 0.717) is 0 Å². The third-order valence-corrected chi connectivity index (χ3v) is 3.37. The SMILES string of the molecule is CCCC[N+](CCC)(CCC)CCCC.[Br-]. The molecule has 0 bridgehead atoms. The highest BCUT2D eigenvalue weighted by Crippen LogP contribution is 2.14. The number of rotatable bonds is 10. The van der Waals surface area contributed by atoms with Crippen molar-refractivity contribution in [2.45, 2.75) is 66.2 Å². The van der Waals surface area contributed by atoms with Gasteiger partial charge < -0.3 is 21.5 Å². The van der Waals surface area contributed by atoms with Gasteiger partial charge in [-0.25, -0.2) is 0 Å². The quantitative estimate of drug-likeness (QED) is 0.532. The monoisotopic (exact) mass is 293 g/mol. The third-order valence-electron chi connectivity index (χ3n) is 3.37. The molecular weight excluding hydrogens is 262 g/mol. The molecule has 0 N–H and O–H groups in total. The molecular formula is C14H32BrN. The maximum atomic E-state index is 2.33. The highest BCUT2D eigenvalue weighted by atomic mass is 79.9.